The van der Waals surface area contributed by atoms with Crippen LogP contribution < -0.4 is 0 Å². The van der Waals surface area contributed by atoms with Crippen LogP contribution >= 0.6 is 11.6 Å². The van der Waals surface area contributed by atoms with Crippen LogP contribution in [0.2, 0.25) is 5.02 Å². The number of rotatable bonds is 4. The first kappa shape index (κ1) is 31.1. The Balaban J connectivity index is 1.61. The monoisotopic (exact) mass is 598 g/mol. The van der Waals surface area contributed by atoms with E-state index in [1.54, 1.807) is 25.7 Å². The number of halogens is 5. The number of likely N-dealkylation sites (tertiary alicyclic amines) is 2. The maximum Gasteiger partial charge on any atom is 0.430 e. The molecule has 0 bridgehead atoms. The zero-order valence-corrected chi connectivity index (χ0v) is 24.3. The van der Waals surface area contributed by atoms with Crippen LogP contribution in [-0.2, 0) is 19.9 Å². The van der Waals surface area contributed by atoms with Crippen molar-refractivity contribution in [2.75, 3.05) is 33.3 Å². The molecule has 4 rings (SSSR count). The summed E-state index contributed by atoms with van der Waals surface area (Å²) in [6, 6.07) is 12.2. The Kier molecular flexibility index (Phi) is 8.67. The van der Waals surface area contributed by atoms with Gasteiger partial charge in [0.1, 0.15) is 11.4 Å². The summed E-state index contributed by atoms with van der Waals surface area (Å²) in [6.45, 7) is 6.36. The smallest absolute Gasteiger partial charge is 0.430 e. The lowest BCUT2D eigenvalue weighted by Gasteiger charge is -2.52. The van der Waals surface area contributed by atoms with Crippen molar-refractivity contribution in [3.8, 4) is 0 Å². The van der Waals surface area contributed by atoms with E-state index in [4.69, 9.17) is 21.1 Å². The number of hydrogen-bond acceptors (Lipinski definition) is 4. The van der Waals surface area contributed by atoms with Crippen molar-refractivity contribution in [1.82, 2.24) is 9.80 Å². The average molecular weight is 599 g/mol. The molecule has 11 heteroatoms. The molecule has 1 spiro atoms. The lowest BCUT2D eigenvalue weighted by Crippen LogP contribution is -2.60. The molecule has 0 N–H and O–H groups in total. The molecule has 2 unspecified atom stereocenters. The number of carbonyl (C=O) groups excluding carboxylic acids is 2. The molecular weight excluding hydrogens is 564 g/mol. The Morgan fingerprint density at radius 1 is 0.951 bits per heavy atom. The second-order valence-electron chi connectivity index (χ2n) is 11.8. The Morgan fingerprint density at radius 3 is 2.05 bits per heavy atom. The van der Waals surface area contributed by atoms with E-state index >= 15 is 0 Å². The average Bonchev–Trinajstić information content (AvgIpc) is 2.90. The summed E-state index contributed by atoms with van der Waals surface area (Å²) in [5, 5.41) is -0.541. The van der Waals surface area contributed by atoms with Gasteiger partial charge in [-0.3, -0.25) is 4.79 Å². The van der Waals surface area contributed by atoms with Gasteiger partial charge in [0.25, 0.3) is 11.5 Å². The highest BCUT2D eigenvalue weighted by Crippen LogP contribution is 2.51. The fraction of sp³-hybridized carbons (Fsp3) is 0.533. The van der Waals surface area contributed by atoms with Gasteiger partial charge in [-0.25, -0.2) is 9.18 Å². The summed E-state index contributed by atoms with van der Waals surface area (Å²) in [4.78, 5) is 29.4. The molecule has 2 saturated heterocycles. The first-order valence-corrected chi connectivity index (χ1v) is 13.9. The third-order valence-corrected chi connectivity index (χ3v) is 8.54. The number of benzene rings is 2. The third kappa shape index (κ3) is 6.04. The second-order valence-corrected chi connectivity index (χ2v) is 12.2. The van der Waals surface area contributed by atoms with E-state index in [0.717, 1.165) is 30.9 Å². The fourth-order valence-corrected chi connectivity index (χ4v) is 6.27. The topological polar surface area (TPSA) is 59.1 Å². The highest BCUT2D eigenvalue weighted by molar-refractivity contribution is 6.30. The van der Waals surface area contributed by atoms with Gasteiger partial charge in [0.05, 0.1) is 5.02 Å². The molecule has 2 aliphatic heterocycles. The van der Waals surface area contributed by atoms with Crippen LogP contribution in [0, 0.1) is 11.2 Å². The third-order valence-electron chi connectivity index (χ3n) is 8.25. The number of ether oxygens (including phenoxy) is 2. The van der Waals surface area contributed by atoms with E-state index in [1.165, 1.54) is 4.90 Å². The van der Waals surface area contributed by atoms with Crippen molar-refractivity contribution >= 4 is 23.6 Å². The quantitative estimate of drug-likeness (QED) is 0.359. The Labute approximate surface area is 242 Å². The molecule has 0 radical (unpaired) electrons. The molecule has 0 aliphatic carbocycles. The van der Waals surface area contributed by atoms with Gasteiger partial charge in [0.15, 0.2) is 0 Å². The lowest BCUT2D eigenvalue weighted by atomic mass is 9.62. The summed E-state index contributed by atoms with van der Waals surface area (Å²) in [5.74, 6) is -2.28. The first-order valence-electron chi connectivity index (χ1n) is 13.5. The molecule has 0 aromatic heterocycles. The van der Waals surface area contributed by atoms with E-state index in [0.29, 0.717) is 32.4 Å². The molecule has 41 heavy (non-hydrogen) atoms. The summed E-state index contributed by atoms with van der Waals surface area (Å²) >= 11 is 5.80. The Bertz CT molecular complexity index is 1260. The summed E-state index contributed by atoms with van der Waals surface area (Å²) in [7, 11) is 0.811. The van der Waals surface area contributed by atoms with Crippen LogP contribution in [0.15, 0.2) is 48.5 Å². The van der Waals surface area contributed by atoms with E-state index in [1.807, 2.05) is 30.3 Å². The molecular formula is C30H35ClF4N2O4. The minimum Gasteiger partial charge on any atom is -0.444 e. The zero-order chi connectivity index (χ0) is 30.2. The van der Waals surface area contributed by atoms with Crippen molar-refractivity contribution in [2.45, 2.75) is 63.3 Å². The molecule has 224 valence electrons. The van der Waals surface area contributed by atoms with Gasteiger partial charge in [0.2, 0.25) is 0 Å². The van der Waals surface area contributed by atoms with E-state index < -0.39 is 45.8 Å². The first-order chi connectivity index (χ1) is 19.1. The minimum absolute atomic E-state index is 0.0602. The SMILES string of the molecule is COC(C(=O)N1CCC2(CCN(C(=O)OC(C)(C)C)CC2c2ccccc2)CC1)(c1ccc(F)c(Cl)c1)C(F)(F)F. The number of carbonyl (C=O) groups is 2. The summed E-state index contributed by atoms with van der Waals surface area (Å²) in [6.07, 6.45) is -4.07. The van der Waals surface area contributed by atoms with Crippen LogP contribution in [0.25, 0.3) is 0 Å². The maximum atomic E-state index is 14.6. The van der Waals surface area contributed by atoms with Gasteiger partial charge in [-0.1, -0.05) is 48.0 Å². The van der Waals surface area contributed by atoms with Crippen molar-refractivity contribution in [1.29, 1.82) is 0 Å². The molecule has 2 heterocycles. The van der Waals surface area contributed by atoms with Gasteiger partial charge in [-0.15, -0.1) is 0 Å². The fourth-order valence-electron chi connectivity index (χ4n) is 6.09. The van der Waals surface area contributed by atoms with E-state index in [2.05, 4.69) is 0 Å². The van der Waals surface area contributed by atoms with Crippen LogP contribution in [0.4, 0.5) is 22.4 Å². The van der Waals surface area contributed by atoms with Crippen LogP contribution in [-0.4, -0.2) is 66.9 Å². The molecule has 2 aliphatic rings. The van der Waals surface area contributed by atoms with Gasteiger partial charge in [-0.05, 0) is 63.1 Å². The van der Waals surface area contributed by atoms with Crippen LogP contribution in [0.1, 0.15) is 57.1 Å². The highest BCUT2D eigenvalue weighted by Gasteiger charge is 2.64. The Morgan fingerprint density at radius 2 is 1.54 bits per heavy atom. The molecule has 2 atom stereocenters. The molecule has 2 fully saturated rings. The summed E-state index contributed by atoms with van der Waals surface area (Å²) < 4.78 is 68.2. The summed E-state index contributed by atoms with van der Waals surface area (Å²) in [5.41, 5.74) is -3.90. The van der Waals surface area contributed by atoms with Crippen molar-refractivity contribution < 1.29 is 36.6 Å². The van der Waals surface area contributed by atoms with E-state index in [-0.39, 0.29) is 24.4 Å². The number of nitrogens with zero attached hydrogens (tertiary/aromatic N) is 2. The normalized spacial score (nSPS) is 21.0. The minimum atomic E-state index is -5.14. The van der Waals surface area contributed by atoms with Crippen LogP contribution in [0.5, 0.6) is 0 Å². The maximum absolute atomic E-state index is 14.6. The Hall–Kier alpha value is -2.85. The van der Waals surface area contributed by atoms with Crippen LogP contribution in [0.3, 0.4) is 0 Å². The molecule has 2 aromatic carbocycles. The largest absolute Gasteiger partial charge is 0.444 e. The van der Waals surface area contributed by atoms with Gasteiger partial charge in [-0.2, -0.15) is 13.2 Å². The van der Waals surface area contributed by atoms with Crippen molar-refractivity contribution in [3.05, 3.63) is 70.5 Å². The second kappa shape index (κ2) is 11.4. The van der Waals surface area contributed by atoms with Gasteiger partial charge < -0.3 is 19.3 Å². The molecule has 2 aromatic rings. The molecule has 0 saturated carbocycles. The standard InChI is InChI=1S/C30H35ClF4N2O4/c1-27(2,3)41-26(39)37-17-14-28(22(19-37)20-8-6-5-7-9-20)12-15-36(16-13-28)25(38)29(40-4,30(33,34)35)21-10-11-24(32)23(31)18-21/h5-11,18,22H,12-17,19H2,1-4H3. The molecule has 2 amide bonds. The predicted molar refractivity (Wildman–Crippen MR) is 146 cm³/mol. The van der Waals surface area contributed by atoms with Gasteiger partial charge >= 0.3 is 12.3 Å². The lowest BCUT2D eigenvalue weighted by molar-refractivity contribution is -0.271. The van der Waals surface area contributed by atoms with Crippen molar-refractivity contribution in [3.63, 3.8) is 0 Å². The number of alkyl halides is 3. The zero-order valence-electron chi connectivity index (χ0n) is 23.6. The number of amides is 2. The number of methoxy groups -OCH3 is 1. The highest BCUT2D eigenvalue weighted by atomic mass is 35.5. The van der Waals surface area contributed by atoms with Gasteiger partial charge in [0, 0.05) is 44.8 Å². The predicted octanol–water partition coefficient (Wildman–Crippen LogP) is 6.92. The molecule has 6 nitrogen and oxygen atoms in total. The number of piperidine rings is 2. The van der Waals surface area contributed by atoms with E-state index in [9.17, 15) is 27.2 Å². The number of hydrogen-bond donors (Lipinski definition) is 0. The van der Waals surface area contributed by atoms with Crippen molar-refractivity contribution in [2.24, 2.45) is 5.41 Å².